The molecule has 0 spiro atoms. The van der Waals surface area contributed by atoms with Crippen LogP contribution in [0.5, 0.6) is 0 Å². The second-order valence-electron chi connectivity index (χ2n) is 15.7. The average molecular weight is 885 g/mol. The molecule has 0 fully saturated rings. The number of halogens is 12. The van der Waals surface area contributed by atoms with Gasteiger partial charge < -0.3 is 15.1 Å². The van der Waals surface area contributed by atoms with Gasteiger partial charge in [-0.3, -0.25) is 24.1 Å². The summed E-state index contributed by atoms with van der Waals surface area (Å²) in [6.45, 7) is 9.21. The van der Waals surface area contributed by atoms with E-state index >= 15 is 0 Å². The van der Waals surface area contributed by atoms with Crippen LogP contribution in [0.15, 0.2) is 36.4 Å². The fraction of sp³-hybridized carbons (Fsp3) is 0.463. The molecule has 1 aliphatic heterocycles. The third-order valence-corrected chi connectivity index (χ3v) is 11.3. The molecule has 2 N–H and O–H groups in total. The van der Waals surface area contributed by atoms with E-state index in [9.17, 15) is 82.1 Å². The van der Waals surface area contributed by atoms with Crippen molar-refractivity contribution in [2.24, 2.45) is 0 Å². The maximum absolute atomic E-state index is 14.6. The van der Waals surface area contributed by atoms with Crippen molar-refractivity contribution in [1.29, 1.82) is 0 Å². The fourth-order valence-electron chi connectivity index (χ4n) is 7.64. The van der Waals surface area contributed by atoms with Crippen LogP contribution >= 0.6 is 0 Å². The largest absolute Gasteiger partial charge is 0.430 e. The summed E-state index contributed by atoms with van der Waals surface area (Å²) in [5.41, 5.74) is -22.4. The lowest BCUT2D eigenvalue weighted by molar-refractivity contribution is -0.376. The minimum absolute atomic E-state index is 0.0471. The number of aldehydes is 1. The number of imide groups is 1. The van der Waals surface area contributed by atoms with E-state index < -0.39 is 127 Å². The zero-order chi connectivity index (χ0) is 47.0. The number of alkyl halides is 12. The predicted octanol–water partition coefficient (Wildman–Crippen LogP) is 9.69. The number of aryl methyl sites for hydroxylation is 2. The number of amides is 3. The molecule has 1 atom stereocenters. The molecule has 0 saturated carbocycles. The van der Waals surface area contributed by atoms with E-state index in [0.717, 1.165) is 43.0 Å². The number of carbonyl (C=O) groups excluding carboxylic acids is 4. The molecule has 0 radical (unpaired) electrons. The van der Waals surface area contributed by atoms with Crippen LogP contribution in [0.2, 0.25) is 0 Å². The van der Waals surface area contributed by atoms with Gasteiger partial charge in [-0.15, -0.1) is 0 Å². The summed E-state index contributed by atoms with van der Waals surface area (Å²) in [6.07, 6.45) is -26.7. The van der Waals surface area contributed by atoms with E-state index in [0.29, 0.717) is 13.1 Å². The first kappa shape index (κ1) is 48.7. The molecule has 1 unspecified atom stereocenters. The number of nitrogens with zero attached hydrogens (tertiary/aromatic N) is 2. The lowest BCUT2D eigenvalue weighted by atomic mass is 9.72. The molecule has 4 rings (SSSR count). The molecule has 0 aliphatic carbocycles. The standard InChI is InChI=1S/C41H40F12N2O6/c1-9-21(5)55-33(58)26-16-24(18-56)25(17-27(26)34(55)59)32(57)54(8)31-20(4)12-23(15-29(31)37(61,40(48,49)50)41(51,52)53)13-22-11-19(3)30(35(6,7)10-2)28(14-22)36(60,38(42,43)44)39(45,46)47/h11-12,14-18,21,60-61H,9-10,13H2,1-8H3. The maximum atomic E-state index is 14.6. The minimum Gasteiger partial charge on any atom is -0.369 e. The van der Waals surface area contributed by atoms with Crippen LogP contribution in [0, 0.1) is 13.8 Å². The first-order valence-corrected chi connectivity index (χ1v) is 18.4. The lowest BCUT2D eigenvalue weighted by Crippen LogP contribution is -2.55. The van der Waals surface area contributed by atoms with Gasteiger partial charge in [0.15, 0.2) is 6.29 Å². The van der Waals surface area contributed by atoms with Gasteiger partial charge >= 0.3 is 24.7 Å². The van der Waals surface area contributed by atoms with Crippen LogP contribution in [0.25, 0.3) is 0 Å². The first-order chi connectivity index (χ1) is 27.6. The van der Waals surface area contributed by atoms with Crippen molar-refractivity contribution < 1.29 is 82.1 Å². The third kappa shape index (κ3) is 7.89. The Morgan fingerprint density at radius 2 is 1.15 bits per heavy atom. The molecule has 8 nitrogen and oxygen atoms in total. The monoisotopic (exact) mass is 884 g/mol. The molecule has 0 bridgehead atoms. The van der Waals surface area contributed by atoms with Crippen molar-refractivity contribution >= 4 is 29.7 Å². The van der Waals surface area contributed by atoms with Crippen LogP contribution in [0.4, 0.5) is 58.4 Å². The van der Waals surface area contributed by atoms with Gasteiger partial charge in [-0.05, 0) is 91.5 Å². The smallest absolute Gasteiger partial charge is 0.369 e. The molecule has 3 aromatic rings. The zero-order valence-corrected chi connectivity index (χ0v) is 33.7. The topological polar surface area (TPSA) is 115 Å². The van der Waals surface area contributed by atoms with Crippen molar-refractivity contribution in [2.45, 2.75) is 115 Å². The summed E-state index contributed by atoms with van der Waals surface area (Å²) >= 11 is 0. The third-order valence-electron chi connectivity index (χ3n) is 11.3. The van der Waals surface area contributed by atoms with E-state index in [1.54, 1.807) is 6.92 Å². The van der Waals surface area contributed by atoms with Crippen LogP contribution < -0.4 is 4.90 Å². The summed E-state index contributed by atoms with van der Waals surface area (Å²) in [4.78, 5) is 53.6. The number of anilines is 1. The van der Waals surface area contributed by atoms with E-state index in [1.807, 2.05) is 0 Å². The highest BCUT2D eigenvalue weighted by Gasteiger charge is 2.73. The van der Waals surface area contributed by atoms with Crippen molar-refractivity contribution in [2.75, 3.05) is 11.9 Å². The number of benzene rings is 3. The molecule has 1 aliphatic rings. The first-order valence-electron chi connectivity index (χ1n) is 18.4. The molecular formula is C41H40F12N2O6. The molecule has 20 heteroatoms. The molecule has 3 aromatic carbocycles. The Bertz CT molecular complexity index is 2250. The summed E-state index contributed by atoms with van der Waals surface area (Å²) in [5, 5.41) is 21.3. The van der Waals surface area contributed by atoms with Crippen molar-refractivity contribution in [3.63, 3.8) is 0 Å². The van der Waals surface area contributed by atoms with Crippen molar-refractivity contribution in [1.82, 2.24) is 4.90 Å². The van der Waals surface area contributed by atoms with Crippen molar-refractivity contribution in [3.05, 3.63) is 97.6 Å². The summed E-state index contributed by atoms with van der Waals surface area (Å²) in [5.74, 6) is -3.25. The van der Waals surface area contributed by atoms with Gasteiger partial charge in [0.2, 0.25) is 0 Å². The Balaban J connectivity index is 2.04. The van der Waals surface area contributed by atoms with Gasteiger partial charge in [0.05, 0.1) is 22.4 Å². The average Bonchev–Trinajstić information content (AvgIpc) is 3.37. The Hall–Kier alpha value is -4.98. The van der Waals surface area contributed by atoms with Gasteiger partial charge in [0.25, 0.3) is 28.9 Å². The maximum Gasteiger partial charge on any atom is 0.430 e. The van der Waals surface area contributed by atoms with Crippen LogP contribution in [-0.2, 0) is 23.0 Å². The molecule has 0 aromatic heterocycles. The SMILES string of the molecule is CCC(C)N1C(=O)c2cc(C=O)c(C(=O)N(C)c3c(C)cc(Cc4cc(C)c(C(C)(C)CC)c(C(O)(C(F)(F)F)C(F)(F)F)c4)cc3C(O)(C(F)(F)F)C(F)(F)F)cc2C1=O. The Morgan fingerprint density at radius 3 is 1.57 bits per heavy atom. The second-order valence-corrected chi connectivity index (χ2v) is 15.7. The fourth-order valence-corrected chi connectivity index (χ4v) is 7.64. The number of hydrogen-bond acceptors (Lipinski definition) is 6. The minimum atomic E-state index is -6.60. The van der Waals surface area contributed by atoms with Gasteiger partial charge in [-0.2, -0.15) is 52.7 Å². The Morgan fingerprint density at radius 1 is 0.721 bits per heavy atom. The van der Waals surface area contributed by atoms with Gasteiger partial charge in [0.1, 0.15) is 0 Å². The number of rotatable bonds is 11. The van der Waals surface area contributed by atoms with E-state index in [1.165, 1.54) is 27.7 Å². The van der Waals surface area contributed by atoms with Gasteiger partial charge in [0, 0.05) is 29.8 Å². The van der Waals surface area contributed by atoms with E-state index in [-0.39, 0.29) is 41.2 Å². The highest BCUT2D eigenvalue weighted by molar-refractivity contribution is 6.23. The molecule has 61 heavy (non-hydrogen) atoms. The van der Waals surface area contributed by atoms with E-state index in [2.05, 4.69) is 0 Å². The lowest BCUT2D eigenvalue weighted by Gasteiger charge is -2.38. The highest BCUT2D eigenvalue weighted by Crippen LogP contribution is 2.55. The summed E-state index contributed by atoms with van der Waals surface area (Å²) in [7, 11) is 0.681. The Kier molecular flexibility index (Phi) is 12.6. The summed E-state index contributed by atoms with van der Waals surface area (Å²) < 4.78 is 174. The molecular weight excluding hydrogens is 844 g/mol. The molecule has 334 valence electrons. The van der Waals surface area contributed by atoms with Crippen molar-refractivity contribution in [3.8, 4) is 0 Å². The molecule has 3 amide bonds. The predicted molar refractivity (Wildman–Crippen MR) is 195 cm³/mol. The van der Waals surface area contributed by atoms with Gasteiger partial charge in [-0.25, -0.2) is 0 Å². The van der Waals surface area contributed by atoms with Crippen LogP contribution in [-0.4, -0.2) is 76.9 Å². The number of hydrogen-bond donors (Lipinski definition) is 2. The normalized spacial score (nSPS) is 15.0. The molecule has 0 saturated heterocycles. The van der Waals surface area contributed by atoms with Gasteiger partial charge in [-0.1, -0.05) is 45.9 Å². The quantitative estimate of drug-likeness (QED) is 0.113. The summed E-state index contributed by atoms with van der Waals surface area (Å²) in [6, 6.07) is 3.30. The Labute approximate surface area is 341 Å². The second kappa shape index (κ2) is 15.7. The van der Waals surface area contributed by atoms with Crippen LogP contribution in [0.3, 0.4) is 0 Å². The van der Waals surface area contributed by atoms with Crippen LogP contribution in [0.1, 0.15) is 128 Å². The van der Waals surface area contributed by atoms with E-state index in [4.69, 9.17) is 0 Å². The highest BCUT2D eigenvalue weighted by atomic mass is 19.4. The zero-order valence-electron chi connectivity index (χ0n) is 33.7. The number of aliphatic hydroxyl groups is 2. The number of fused-ring (bicyclic) bond motifs is 1. The number of carbonyl (C=O) groups is 4. The molecule has 1 heterocycles.